The molecule has 146 valence electrons. The van der Waals surface area contributed by atoms with Crippen LogP contribution in [0.4, 0.5) is 5.13 Å². The molecule has 1 aromatic carbocycles. The average Bonchev–Trinajstić information content (AvgIpc) is 3.25. The van der Waals surface area contributed by atoms with Crippen molar-refractivity contribution in [3.63, 3.8) is 0 Å². The Morgan fingerprint density at radius 3 is 2.75 bits per heavy atom. The number of aromatic amines is 1. The molecule has 0 fully saturated rings. The van der Waals surface area contributed by atoms with Crippen LogP contribution in [-0.2, 0) is 32.1 Å². The van der Waals surface area contributed by atoms with E-state index in [4.69, 9.17) is 4.74 Å². The number of hydrogen-bond acceptors (Lipinski definition) is 6. The molecule has 8 nitrogen and oxygen atoms in total. The Balaban J connectivity index is 1.67. The van der Waals surface area contributed by atoms with E-state index in [0.29, 0.717) is 17.2 Å². The van der Waals surface area contributed by atoms with E-state index in [0.717, 1.165) is 16.5 Å². The van der Waals surface area contributed by atoms with Gasteiger partial charge in [-0.1, -0.05) is 18.2 Å². The van der Waals surface area contributed by atoms with Crippen molar-refractivity contribution in [2.45, 2.75) is 32.9 Å². The summed E-state index contributed by atoms with van der Waals surface area (Å²) in [6, 6.07) is 6.92. The molecule has 0 aliphatic carbocycles. The maximum absolute atomic E-state index is 12.6. The monoisotopic (exact) mass is 400 g/mol. The molecule has 0 radical (unpaired) electrons. The summed E-state index contributed by atoms with van der Waals surface area (Å²) in [5.74, 6) is -1.08. The Morgan fingerprint density at radius 2 is 2.00 bits per heavy atom. The summed E-state index contributed by atoms with van der Waals surface area (Å²) < 4.78 is 5.34. The summed E-state index contributed by atoms with van der Waals surface area (Å²) in [6.45, 7) is 2.71. The fourth-order valence-corrected chi connectivity index (χ4v) is 3.53. The number of carbonyl (C=O) groups excluding carboxylic acids is 3. The molecule has 1 unspecified atom stereocenters. The summed E-state index contributed by atoms with van der Waals surface area (Å²) >= 11 is 1.25. The van der Waals surface area contributed by atoms with Crippen molar-refractivity contribution in [3.05, 3.63) is 47.1 Å². The summed E-state index contributed by atoms with van der Waals surface area (Å²) in [5, 5.41) is 8.36. The molecule has 0 bridgehead atoms. The highest BCUT2D eigenvalue weighted by molar-refractivity contribution is 7.13. The van der Waals surface area contributed by atoms with Crippen LogP contribution in [0.5, 0.6) is 0 Å². The van der Waals surface area contributed by atoms with E-state index in [2.05, 4.69) is 20.6 Å². The summed E-state index contributed by atoms with van der Waals surface area (Å²) in [6.07, 6.45) is 2.13. The normalized spacial score (nSPS) is 11.8. The standard InChI is InChI=1S/C19H20N4O4S/c1-11(24)21-17(7-13-8-20-16-6-4-3-5-15(13)16)18(26)27-9-14-10-28-19(23-14)22-12(2)25/h3-6,8,10,17,20H,7,9H2,1-2H3,(H,21,24)(H,22,23,25). The maximum Gasteiger partial charge on any atom is 0.329 e. The number of fused-ring (bicyclic) bond motifs is 1. The second-order valence-corrected chi connectivity index (χ2v) is 7.11. The van der Waals surface area contributed by atoms with E-state index in [1.165, 1.54) is 25.2 Å². The summed E-state index contributed by atoms with van der Waals surface area (Å²) in [5.41, 5.74) is 2.39. The first-order chi connectivity index (χ1) is 13.4. The van der Waals surface area contributed by atoms with Gasteiger partial charge in [0, 0.05) is 42.7 Å². The van der Waals surface area contributed by atoms with Crippen LogP contribution in [0, 0.1) is 0 Å². The lowest BCUT2D eigenvalue weighted by atomic mass is 10.0. The van der Waals surface area contributed by atoms with Gasteiger partial charge in [-0.15, -0.1) is 11.3 Å². The number of H-pyrrole nitrogens is 1. The van der Waals surface area contributed by atoms with Crippen molar-refractivity contribution >= 4 is 45.2 Å². The van der Waals surface area contributed by atoms with Gasteiger partial charge in [0.25, 0.3) is 0 Å². The Morgan fingerprint density at radius 1 is 1.21 bits per heavy atom. The molecule has 1 atom stereocenters. The van der Waals surface area contributed by atoms with Crippen LogP contribution in [0.2, 0.25) is 0 Å². The fourth-order valence-electron chi connectivity index (χ4n) is 2.79. The maximum atomic E-state index is 12.6. The molecule has 3 N–H and O–H groups in total. The van der Waals surface area contributed by atoms with Crippen LogP contribution in [0.1, 0.15) is 25.1 Å². The molecule has 0 saturated carbocycles. The Bertz CT molecular complexity index is 1010. The van der Waals surface area contributed by atoms with Crippen molar-refractivity contribution in [2.75, 3.05) is 5.32 Å². The van der Waals surface area contributed by atoms with Crippen LogP contribution in [-0.4, -0.2) is 33.8 Å². The Labute approximate surface area is 165 Å². The number of nitrogens with zero attached hydrogens (tertiary/aromatic N) is 1. The lowest BCUT2D eigenvalue weighted by molar-refractivity contribution is -0.149. The number of amides is 2. The molecule has 28 heavy (non-hydrogen) atoms. The lowest BCUT2D eigenvalue weighted by Gasteiger charge is -2.16. The van der Waals surface area contributed by atoms with Gasteiger partial charge in [-0.3, -0.25) is 9.59 Å². The molecule has 0 aliphatic heterocycles. The quantitative estimate of drug-likeness (QED) is 0.527. The number of aromatic nitrogens is 2. The number of anilines is 1. The van der Waals surface area contributed by atoms with Crippen LogP contribution >= 0.6 is 11.3 Å². The molecule has 2 amide bonds. The van der Waals surface area contributed by atoms with Gasteiger partial charge in [-0.2, -0.15) is 0 Å². The van der Waals surface area contributed by atoms with Gasteiger partial charge in [-0.05, 0) is 11.6 Å². The van der Waals surface area contributed by atoms with Crippen LogP contribution in [0.15, 0.2) is 35.8 Å². The number of rotatable bonds is 7. The van der Waals surface area contributed by atoms with E-state index in [1.807, 2.05) is 30.5 Å². The number of hydrogen-bond donors (Lipinski definition) is 3. The van der Waals surface area contributed by atoms with Crippen LogP contribution in [0.25, 0.3) is 10.9 Å². The van der Waals surface area contributed by atoms with Crippen molar-refractivity contribution in [1.82, 2.24) is 15.3 Å². The summed E-state index contributed by atoms with van der Waals surface area (Å²) in [7, 11) is 0. The second kappa shape index (κ2) is 8.66. The van der Waals surface area contributed by atoms with Crippen molar-refractivity contribution in [3.8, 4) is 0 Å². The van der Waals surface area contributed by atoms with E-state index in [-0.39, 0.29) is 18.4 Å². The fraction of sp³-hybridized carbons (Fsp3) is 0.263. The van der Waals surface area contributed by atoms with E-state index in [1.54, 1.807) is 5.38 Å². The lowest BCUT2D eigenvalue weighted by Crippen LogP contribution is -2.42. The highest BCUT2D eigenvalue weighted by atomic mass is 32.1. The number of esters is 1. The molecule has 2 aromatic heterocycles. The first-order valence-electron chi connectivity index (χ1n) is 8.63. The molecular formula is C19H20N4O4S. The largest absolute Gasteiger partial charge is 0.458 e. The summed E-state index contributed by atoms with van der Waals surface area (Å²) in [4.78, 5) is 42.5. The second-order valence-electron chi connectivity index (χ2n) is 6.25. The van der Waals surface area contributed by atoms with Gasteiger partial charge in [0.05, 0.1) is 5.69 Å². The number of carbonyl (C=O) groups is 3. The smallest absolute Gasteiger partial charge is 0.329 e. The Kier molecular flexibility index (Phi) is 6.05. The van der Waals surface area contributed by atoms with Crippen molar-refractivity contribution < 1.29 is 19.1 Å². The van der Waals surface area contributed by atoms with Gasteiger partial charge >= 0.3 is 5.97 Å². The van der Waals surface area contributed by atoms with Gasteiger partial charge in [0.1, 0.15) is 12.6 Å². The number of benzene rings is 1. The molecule has 0 spiro atoms. The zero-order chi connectivity index (χ0) is 20.1. The average molecular weight is 400 g/mol. The zero-order valence-corrected chi connectivity index (χ0v) is 16.3. The first-order valence-corrected chi connectivity index (χ1v) is 9.51. The van der Waals surface area contributed by atoms with E-state index < -0.39 is 12.0 Å². The minimum atomic E-state index is -0.815. The third-order valence-electron chi connectivity index (χ3n) is 3.96. The van der Waals surface area contributed by atoms with Crippen molar-refractivity contribution in [1.29, 1.82) is 0 Å². The molecule has 9 heteroatoms. The van der Waals surface area contributed by atoms with Crippen LogP contribution in [0.3, 0.4) is 0 Å². The minimum absolute atomic E-state index is 0.0428. The van der Waals surface area contributed by atoms with Gasteiger partial charge in [-0.25, -0.2) is 9.78 Å². The number of ether oxygens (including phenoxy) is 1. The predicted molar refractivity (Wildman–Crippen MR) is 106 cm³/mol. The third kappa shape index (κ3) is 4.95. The third-order valence-corrected chi connectivity index (χ3v) is 4.76. The minimum Gasteiger partial charge on any atom is -0.458 e. The predicted octanol–water partition coefficient (Wildman–Crippen LogP) is 2.37. The van der Waals surface area contributed by atoms with Crippen molar-refractivity contribution in [2.24, 2.45) is 0 Å². The topological polar surface area (TPSA) is 113 Å². The molecule has 0 saturated heterocycles. The highest BCUT2D eigenvalue weighted by Gasteiger charge is 2.23. The van der Waals surface area contributed by atoms with Gasteiger partial charge in [0.2, 0.25) is 11.8 Å². The SMILES string of the molecule is CC(=O)Nc1nc(COC(=O)C(Cc2c[nH]c3ccccc23)NC(C)=O)cs1. The molecule has 3 aromatic rings. The van der Waals surface area contributed by atoms with E-state index in [9.17, 15) is 14.4 Å². The Hall–Kier alpha value is -3.20. The number of thiazole rings is 1. The molecule has 3 rings (SSSR count). The van der Waals surface area contributed by atoms with Crippen LogP contribution < -0.4 is 10.6 Å². The number of para-hydroxylation sites is 1. The number of nitrogens with one attached hydrogen (secondary N) is 3. The van der Waals surface area contributed by atoms with Gasteiger partial charge < -0.3 is 20.4 Å². The molecule has 2 heterocycles. The van der Waals surface area contributed by atoms with E-state index >= 15 is 0 Å². The molecule has 0 aliphatic rings. The molecular weight excluding hydrogens is 380 g/mol. The first kappa shape index (κ1) is 19.6. The van der Waals surface area contributed by atoms with Gasteiger partial charge in [0.15, 0.2) is 5.13 Å². The highest BCUT2D eigenvalue weighted by Crippen LogP contribution is 2.20. The zero-order valence-electron chi connectivity index (χ0n) is 15.4.